The summed E-state index contributed by atoms with van der Waals surface area (Å²) in [6.45, 7) is 3.01. The summed E-state index contributed by atoms with van der Waals surface area (Å²) < 4.78 is 43.9. The van der Waals surface area contributed by atoms with Gasteiger partial charge < -0.3 is 15.0 Å². The highest BCUT2D eigenvalue weighted by Gasteiger charge is 2.31. The Morgan fingerprint density at radius 3 is 2.70 bits per heavy atom. The van der Waals surface area contributed by atoms with E-state index in [9.17, 15) is 18.0 Å². The summed E-state index contributed by atoms with van der Waals surface area (Å²) in [6, 6.07) is 6.76. The molecule has 0 radical (unpaired) electrons. The molecule has 0 bridgehead atoms. The van der Waals surface area contributed by atoms with Gasteiger partial charge in [-0.1, -0.05) is 36.0 Å². The Kier molecular flexibility index (Phi) is 8.23. The molecule has 174 valence electrons. The fourth-order valence-corrected chi connectivity index (χ4v) is 3.19. The Labute approximate surface area is 190 Å². The first-order valence-corrected chi connectivity index (χ1v) is 10.5. The molecule has 1 amide bonds. The van der Waals surface area contributed by atoms with E-state index in [1.807, 2.05) is 24.1 Å². The van der Waals surface area contributed by atoms with Crippen LogP contribution >= 0.6 is 0 Å². The van der Waals surface area contributed by atoms with Gasteiger partial charge in [0.15, 0.2) is 6.73 Å². The number of hydrogen-bond acceptors (Lipinski definition) is 3. The largest absolute Gasteiger partial charge is 0.471 e. The van der Waals surface area contributed by atoms with Gasteiger partial charge in [0, 0.05) is 31.3 Å². The number of carbonyl (C=O) groups is 1. The lowest BCUT2D eigenvalue weighted by atomic mass is 10.1. The van der Waals surface area contributed by atoms with E-state index in [0.29, 0.717) is 17.0 Å². The van der Waals surface area contributed by atoms with Crippen molar-refractivity contribution >= 4 is 23.8 Å². The zero-order valence-electron chi connectivity index (χ0n) is 18.2. The minimum absolute atomic E-state index is 0.00638. The van der Waals surface area contributed by atoms with E-state index in [-0.39, 0.29) is 25.5 Å². The minimum Gasteiger partial charge on any atom is -0.471 e. The highest BCUT2D eigenvalue weighted by atomic mass is 19.4. The van der Waals surface area contributed by atoms with E-state index in [4.69, 9.17) is 4.74 Å². The zero-order chi connectivity index (χ0) is 23.7. The van der Waals surface area contributed by atoms with Crippen LogP contribution in [0, 0.1) is 0 Å². The molecule has 6 nitrogen and oxygen atoms in total. The molecule has 0 atom stereocenters. The van der Waals surface area contributed by atoms with Gasteiger partial charge in [-0.05, 0) is 37.6 Å². The molecule has 1 heterocycles. The van der Waals surface area contributed by atoms with Gasteiger partial charge in [0.05, 0.1) is 5.57 Å². The van der Waals surface area contributed by atoms with Crippen molar-refractivity contribution in [2.45, 2.75) is 32.4 Å². The molecule has 3 rings (SSSR count). The first kappa shape index (κ1) is 24.0. The van der Waals surface area contributed by atoms with Crippen molar-refractivity contribution in [2.75, 3.05) is 18.6 Å². The van der Waals surface area contributed by atoms with Crippen LogP contribution in [0.25, 0.3) is 0 Å². The number of allylic oxidation sites excluding steroid dienone is 5. The summed E-state index contributed by atoms with van der Waals surface area (Å²) in [7, 11) is 0. The molecular weight excluding hydrogens is 433 g/mol. The summed E-state index contributed by atoms with van der Waals surface area (Å²) in [5, 5.41) is 2.74. The van der Waals surface area contributed by atoms with Crippen LogP contribution in [0.1, 0.15) is 26.2 Å². The smallest absolute Gasteiger partial charge is 0.416 e. The predicted octanol–water partition coefficient (Wildman–Crippen LogP) is 5.39. The highest BCUT2D eigenvalue weighted by Crippen LogP contribution is 2.29. The number of alkyl halides is 3. The van der Waals surface area contributed by atoms with Crippen molar-refractivity contribution in [2.24, 2.45) is 9.98 Å². The number of benzene rings is 1. The van der Waals surface area contributed by atoms with E-state index >= 15 is 0 Å². The molecule has 0 unspecified atom stereocenters. The second-order valence-electron chi connectivity index (χ2n) is 7.29. The van der Waals surface area contributed by atoms with Crippen LogP contribution < -0.4 is 10.1 Å². The second kappa shape index (κ2) is 11.3. The Morgan fingerprint density at radius 1 is 1.18 bits per heavy atom. The highest BCUT2D eigenvalue weighted by molar-refractivity contribution is 5.92. The van der Waals surface area contributed by atoms with Gasteiger partial charge in [-0.3, -0.25) is 4.79 Å². The van der Waals surface area contributed by atoms with Gasteiger partial charge in [0.25, 0.3) is 0 Å². The summed E-state index contributed by atoms with van der Waals surface area (Å²) in [6.07, 6.45) is 6.98. The fourth-order valence-electron chi connectivity index (χ4n) is 3.19. The van der Waals surface area contributed by atoms with Crippen LogP contribution in [0.2, 0.25) is 0 Å². The Bertz CT molecular complexity index is 1020. The summed E-state index contributed by atoms with van der Waals surface area (Å²) in [5.41, 5.74) is 0.426. The van der Waals surface area contributed by atoms with E-state index in [1.165, 1.54) is 18.5 Å². The number of halogens is 3. The Hall–Kier alpha value is -3.62. The molecule has 1 aromatic rings. The van der Waals surface area contributed by atoms with Crippen LogP contribution in [-0.4, -0.2) is 42.4 Å². The number of amides is 1. The molecule has 0 spiro atoms. The van der Waals surface area contributed by atoms with Crippen molar-refractivity contribution in [1.82, 2.24) is 4.90 Å². The molecule has 9 heteroatoms. The van der Waals surface area contributed by atoms with Crippen LogP contribution in [0.15, 0.2) is 82.0 Å². The lowest BCUT2D eigenvalue weighted by molar-refractivity contribution is -0.115. The number of ether oxygens (including phenoxy) is 1. The molecule has 0 fully saturated rings. The first-order chi connectivity index (χ1) is 15.8. The molecule has 33 heavy (non-hydrogen) atoms. The SMILES string of the molecule is CCN1C=CC/C1=N\C=N/COc1ccc(NC(=O)CC2=CC=C(C(F)(F)F)C=CC2)cc1. The molecule has 1 aromatic carbocycles. The monoisotopic (exact) mass is 458 g/mol. The topological polar surface area (TPSA) is 66.3 Å². The van der Waals surface area contributed by atoms with Crippen molar-refractivity contribution < 1.29 is 22.7 Å². The maximum atomic E-state index is 12.8. The molecule has 1 aliphatic carbocycles. The summed E-state index contributed by atoms with van der Waals surface area (Å²) in [5.74, 6) is 1.21. The summed E-state index contributed by atoms with van der Waals surface area (Å²) >= 11 is 0. The molecule has 1 aliphatic heterocycles. The van der Waals surface area contributed by atoms with Gasteiger partial charge in [-0.2, -0.15) is 13.2 Å². The van der Waals surface area contributed by atoms with E-state index in [1.54, 1.807) is 24.3 Å². The third-order valence-electron chi connectivity index (χ3n) is 4.88. The third-order valence-corrected chi connectivity index (χ3v) is 4.88. The Balaban J connectivity index is 1.45. The van der Waals surface area contributed by atoms with Gasteiger partial charge in [0.1, 0.15) is 17.9 Å². The first-order valence-electron chi connectivity index (χ1n) is 10.5. The number of carbonyl (C=O) groups excluding carboxylic acids is 1. The molecule has 0 aromatic heterocycles. The standard InChI is InChI=1S/C24H25F3N4O2/c1-2-31-14-4-7-22(31)29-16-28-17-33-21-12-10-20(11-13-21)30-23(32)15-18-5-3-6-19(9-8-18)24(25,26)27/h3-4,6,8-14,16H,2,5,7,15,17H2,1H3,(H,30,32)/b28-16-,29-22+. The number of nitrogens with zero attached hydrogens (tertiary/aromatic N) is 3. The zero-order valence-corrected chi connectivity index (χ0v) is 18.2. The molecule has 0 saturated carbocycles. The maximum absolute atomic E-state index is 12.8. The normalized spacial score (nSPS) is 17.3. The van der Waals surface area contributed by atoms with Gasteiger partial charge >= 0.3 is 6.18 Å². The fraction of sp³-hybridized carbons (Fsp3) is 0.292. The average Bonchev–Trinajstić information content (AvgIpc) is 3.09. The molecule has 2 aliphatic rings. The van der Waals surface area contributed by atoms with E-state index < -0.39 is 11.7 Å². The lowest BCUT2D eigenvalue weighted by Crippen LogP contribution is -2.20. The molecular formula is C24H25F3N4O2. The van der Waals surface area contributed by atoms with Gasteiger partial charge in [-0.15, -0.1) is 0 Å². The predicted molar refractivity (Wildman–Crippen MR) is 123 cm³/mol. The van der Waals surface area contributed by atoms with Crippen LogP contribution in [-0.2, 0) is 4.79 Å². The van der Waals surface area contributed by atoms with Crippen molar-refractivity contribution in [1.29, 1.82) is 0 Å². The number of hydrogen-bond donors (Lipinski definition) is 1. The Morgan fingerprint density at radius 2 is 1.97 bits per heavy atom. The van der Waals surface area contributed by atoms with Crippen LogP contribution in [0.4, 0.5) is 18.9 Å². The number of amidine groups is 1. The second-order valence-corrected chi connectivity index (χ2v) is 7.29. The number of aliphatic imine (C=N–C) groups is 2. The minimum atomic E-state index is -4.41. The number of nitrogens with one attached hydrogen (secondary N) is 1. The molecule has 1 N–H and O–H groups in total. The van der Waals surface area contributed by atoms with Gasteiger partial charge in [-0.25, -0.2) is 9.98 Å². The quantitative estimate of drug-likeness (QED) is 0.419. The number of rotatable bonds is 8. The van der Waals surface area contributed by atoms with Crippen molar-refractivity contribution in [3.05, 3.63) is 72.0 Å². The third kappa shape index (κ3) is 7.48. The van der Waals surface area contributed by atoms with Crippen LogP contribution in [0.5, 0.6) is 5.75 Å². The summed E-state index contributed by atoms with van der Waals surface area (Å²) in [4.78, 5) is 22.7. The van der Waals surface area contributed by atoms with E-state index in [2.05, 4.69) is 15.3 Å². The number of anilines is 1. The van der Waals surface area contributed by atoms with E-state index in [0.717, 1.165) is 31.0 Å². The van der Waals surface area contributed by atoms with Crippen LogP contribution in [0.3, 0.4) is 0 Å². The molecule has 0 saturated heterocycles. The van der Waals surface area contributed by atoms with Crippen molar-refractivity contribution in [3.8, 4) is 5.75 Å². The maximum Gasteiger partial charge on any atom is 0.416 e. The average molecular weight is 458 g/mol. The van der Waals surface area contributed by atoms with Crippen molar-refractivity contribution in [3.63, 3.8) is 0 Å². The lowest BCUT2D eigenvalue weighted by Gasteiger charge is -2.12. The van der Waals surface area contributed by atoms with Gasteiger partial charge in [0.2, 0.25) is 5.91 Å².